The first-order valence-corrected chi connectivity index (χ1v) is 9.13. The molecule has 0 saturated heterocycles. The van der Waals surface area contributed by atoms with Crippen molar-refractivity contribution in [2.75, 3.05) is 26.2 Å². The number of nitrogens with zero attached hydrogens (tertiary/aromatic N) is 1. The van der Waals surface area contributed by atoms with Gasteiger partial charge in [0.15, 0.2) is 0 Å². The summed E-state index contributed by atoms with van der Waals surface area (Å²) in [7, 11) is 0. The summed E-state index contributed by atoms with van der Waals surface area (Å²) in [5, 5.41) is 0. The Balaban J connectivity index is 0.00000364. The fraction of sp³-hybridized carbons (Fsp3) is 0.348. The molecule has 4 heteroatoms. The lowest BCUT2D eigenvalue weighted by Gasteiger charge is -2.31. The van der Waals surface area contributed by atoms with Gasteiger partial charge in [0.25, 0.3) is 0 Å². The molecular weight excluding hydrogens is 358 g/mol. The van der Waals surface area contributed by atoms with E-state index in [1.54, 1.807) is 0 Å². The standard InChI is InChI=1S/C23H27NO2.ClH/c1-4-17-23(20-13-9-7-10-14-20,21-15-11-8-12-16-21)22(25)26-19-18-24(5-2)6-3;/h1,7-16H,5-6,17-19H2,2-3H3;1H. The van der Waals surface area contributed by atoms with E-state index in [0.29, 0.717) is 13.2 Å². The third-order valence-corrected chi connectivity index (χ3v) is 4.78. The Hall–Kier alpha value is -2.28. The second-order valence-corrected chi connectivity index (χ2v) is 6.18. The summed E-state index contributed by atoms with van der Waals surface area (Å²) in [5.74, 6) is 2.41. The van der Waals surface area contributed by atoms with E-state index in [1.165, 1.54) is 0 Å². The molecule has 0 bridgehead atoms. The second-order valence-electron chi connectivity index (χ2n) is 6.18. The molecular formula is C23H28ClNO2. The Kier molecular flexibility index (Phi) is 9.64. The number of benzene rings is 2. The molecule has 0 N–H and O–H groups in total. The first-order chi connectivity index (χ1) is 12.7. The molecule has 2 aromatic rings. The average Bonchev–Trinajstić information content (AvgIpc) is 2.70. The highest BCUT2D eigenvalue weighted by atomic mass is 35.5. The number of likely N-dealkylation sites (N-methyl/N-ethyl adjacent to an activating group) is 1. The van der Waals surface area contributed by atoms with Crippen molar-refractivity contribution < 1.29 is 9.53 Å². The molecule has 2 rings (SSSR count). The van der Waals surface area contributed by atoms with Crippen molar-refractivity contribution in [2.45, 2.75) is 25.7 Å². The van der Waals surface area contributed by atoms with E-state index in [9.17, 15) is 4.79 Å². The van der Waals surface area contributed by atoms with Crippen LogP contribution in [0.3, 0.4) is 0 Å². The zero-order chi connectivity index (χ0) is 18.8. The molecule has 0 spiro atoms. The van der Waals surface area contributed by atoms with Crippen LogP contribution in [0.5, 0.6) is 0 Å². The van der Waals surface area contributed by atoms with Crippen molar-refractivity contribution in [3.8, 4) is 12.3 Å². The SMILES string of the molecule is C#CCC(C(=O)OCCN(CC)CC)(c1ccccc1)c1ccccc1.Cl. The molecule has 0 aromatic heterocycles. The molecule has 0 fully saturated rings. The number of ether oxygens (including phenoxy) is 1. The molecule has 3 nitrogen and oxygen atoms in total. The zero-order valence-electron chi connectivity index (χ0n) is 16.1. The zero-order valence-corrected chi connectivity index (χ0v) is 16.9. The lowest BCUT2D eigenvalue weighted by Crippen LogP contribution is -2.40. The largest absolute Gasteiger partial charge is 0.463 e. The van der Waals surface area contributed by atoms with Gasteiger partial charge in [-0.1, -0.05) is 74.5 Å². The number of rotatable bonds is 9. The quantitative estimate of drug-likeness (QED) is 0.476. The third kappa shape index (κ3) is 5.35. The van der Waals surface area contributed by atoms with Crippen molar-refractivity contribution in [2.24, 2.45) is 0 Å². The van der Waals surface area contributed by atoms with Gasteiger partial charge in [0.1, 0.15) is 12.0 Å². The number of carbonyl (C=O) groups is 1. The van der Waals surface area contributed by atoms with E-state index in [0.717, 1.165) is 24.2 Å². The molecule has 0 heterocycles. The van der Waals surface area contributed by atoms with Crippen LogP contribution in [-0.2, 0) is 14.9 Å². The minimum Gasteiger partial charge on any atom is -0.463 e. The maximum Gasteiger partial charge on any atom is 0.322 e. The summed E-state index contributed by atoms with van der Waals surface area (Å²) in [5.41, 5.74) is 0.731. The van der Waals surface area contributed by atoms with Crippen LogP contribution in [0.1, 0.15) is 31.4 Å². The average molecular weight is 386 g/mol. The molecule has 0 aliphatic carbocycles. The summed E-state index contributed by atoms with van der Waals surface area (Å²) >= 11 is 0. The fourth-order valence-electron chi connectivity index (χ4n) is 3.21. The smallest absolute Gasteiger partial charge is 0.322 e. The predicted octanol–water partition coefficient (Wildman–Crippen LogP) is 4.30. The van der Waals surface area contributed by atoms with Crippen molar-refractivity contribution in [1.29, 1.82) is 0 Å². The van der Waals surface area contributed by atoms with Crippen LogP contribution >= 0.6 is 12.4 Å². The fourth-order valence-corrected chi connectivity index (χ4v) is 3.21. The highest BCUT2D eigenvalue weighted by Crippen LogP contribution is 2.37. The molecule has 0 unspecified atom stereocenters. The number of hydrogen-bond acceptors (Lipinski definition) is 3. The highest BCUT2D eigenvalue weighted by molar-refractivity contribution is 5.88. The molecule has 27 heavy (non-hydrogen) atoms. The van der Waals surface area contributed by atoms with Crippen molar-refractivity contribution >= 4 is 18.4 Å². The first kappa shape index (κ1) is 22.8. The lowest BCUT2D eigenvalue weighted by molar-refractivity contribution is -0.149. The van der Waals surface area contributed by atoms with Gasteiger partial charge < -0.3 is 9.64 Å². The number of terminal acetylenes is 1. The topological polar surface area (TPSA) is 29.5 Å². The Morgan fingerprint density at radius 2 is 1.48 bits per heavy atom. The van der Waals surface area contributed by atoms with Crippen molar-refractivity contribution in [1.82, 2.24) is 4.90 Å². The van der Waals surface area contributed by atoms with Crippen LogP contribution in [0.2, 0.25) is 0 Å². The molecule has 0 saturated carbocycles. The number of halogens is 1. The normalized spacial score (nSPS) is 10.7. The summed E-state index contributed by atoms with van der Waals surface area (Å²) in [6, 6.07) is 19.3. The summed E-state index contributed by atoms with van der Waals surface area (Å²) in [6.45, 7) is 7.13. The summed E-state index contributed by atoms with van der Waals surface area (Å²) in [6.07, 6.45) is 5.94. The van der Waals surface area contributed by atoms with Gasteiger partial charge in [0.2, 0.25) is 0 Å². The van der Waals surface area contributed by atoms with Crippen LogP contribution in [0.15, 0.2) is 60.7 Å². The number of esters is 1. The predicted molar refractivity (Wildman–Crippen MR) is 113 cm³/mol. The van der Waals surface area contributed by atoms with E-state index in [-0.39, 0.29) is 24.8 Å². The van der Waals surface area contributed by atoms with E-state index in [4.69, 9.17) is 11.2 Å². The Morgan fingerprint density at radius 3 is 1.89 bits per heavy atom. The van der Waals surface area contributed by atoms with Gasteiger partial charge in [0.05, 0.1) is 0 Å². The maximum atomic E-state index is 13.3. The van der Waals surface area contributed by atoms with E-state index < -0.39 is 5.41 Å². The number of carbonyl (C=O) groups excluding carboxylic acids is 1. The molecule has 144 valence electrons. The van der Waals surface area contributed by atoms with Gasteiger partial charge in [0, 0.05) is 13.0 Å². The molecule has 0 amide bonds. The second kappa shape index (κ2) is 11.4. The molecule has 2 aromatic carbocycles. The van der Waals surface area contributed by atoms with Gasteiger partial charge in [-0.05, 0) is 24.2 Å². The Morgan fingerprint density at radius 1 is 1.00 bits per heavy atom. The molecule has 0 aliphatic rings. The minimum atomic E-state index is -0.986. The van der Waals surface area contributed by atoms with Crippen LogP contribution in [0.25, 0.3) is 0 Å². The van der Waals surface area contributed by atoms with Gasteiger partial charge in [-0.3, -0.25) is 4.79 Å². The van der Waals surface area contributed by atoms with Crippen LogP contribution in [0, 0.1) is 12.3 Å². The van der Waals surface area contributed by atoms with Gasteiger partial charge in [-0.15, -0.1) is 24.8 Å². The van der Waals surface area contributed by atoms with E-state index >= 15 is 0 Å². The van der Waals surface area contributed by atoms with Crippen LogP contribution in [0.4, 0.5) is 0 Å². The summed E-state index contributed by atoms with van der Waals surface area (Å²) in [4.78, 5) is 15.5. The molecule has 0 radical (unpaired) electrons. The Bertz CT molecular complexity index is 682. The Labute approximate surface area is 169 Å². The lowest BCUT2D eigenvalue weighted by atomic mass is 9.72. The molecule has 0 aliphatic heterocycles. The van der Waals surface area contributed by atoms with Crippen molar-refractivity contribution in [3.63, 3.8) is 0 Å². The monoisotopic (exact) mass is 385 g/mol. The van der Waals surface area contributed by atoms with Gasteiger partial charge in [-0.25, -0.2) is 0 Å². The van der Waals surface area contributed by atoms with E-state index in [2.05, 4.69) is 24.7 Å². The van der Waals surface area contributed by atoms with Crippen LogP contribution in [-0.4, -0.2) is 37.1 Å². The highest BCUT2D eigenvalue weighted by Gasteiger charge is 2.43. The molecule has 0 atom stereocenters. The van der Waals surface area contributed by atoms with Crippen molar-refractivity contribution in [3.05, 3.63) is 71.8 Å². The van der Waals surface area contributed by atoms with Gasteiger partial charge >= 0.3 is 5.97 Å². The number of hydrogen-bond donors (Lipinski definition) is 0. The first-order valence-electron chi connectivity index (χ1n) is 9.13. The van der Waals surface area contributed by atoms with Gasteiger partial charge in [-0.2, -0.15) is 0 Å². The summed E-state index contributed by atoms with van der Waals surface area (Å²) < 4.78 is 5.73. The van der Waals surface area contributed by atoms with Crippen LogP contribution < -0.4 is 0 Å². The maximum absolute atomic E-state index is 13.3. The van der Waals surface area contributed by atoms with E-state index in [1.807, 2.05) is 60.7 Å². The minimum absolute atomic E-state index is 0. The third-order valence-electron chi connectivity index (χ3n) is 4.78.